The van der Waals surface area contributed by atoms with Crippen molar-refractivity contribution in [3.63, 3.8) is 0 Å². The Hall–Kier alpha value is -2.05. The first-order valence-electron chi connectivity index (χ1n) is 6.71. The second-order valence-corrected chi connectivity index (χ2v) is 5.48. The SMILES string of the molecule is CC1Cc2nc(N)nn2CC1c1cccc(C(F)(F)F)c1. The van der Waals surface area contributed by atoms with Crippen molar-refractivity contribution in [3.8, 4) is 0 Å². The normalized spacial score (nSPS) is 22.1. The highest BCUT2D eigenvalue weighted by molar-refractivity contribution is 5.30. The Balaban J connectivity index is 1.94. The minimum Gasteiger partial charge on any atom is -0.366 e. The van der Waals surface area contributed by atoms with Crippen LogP contribution in [-0.4, -0.2) is 14.8 Å². The van der Waals surface area contributed by atoms with Crippen molar-refractivity contribution in [1.82, 2.24) is 14.8 Å². The van der Waals surface area contributed by atoms with Gasteiger partial charge in [0.25, 0.3) is 0 Å². The third-order valence-corrected chi connectivity index (χ3v) is 3.97. The van der Waals surface area contributed by atoms with Crippen molar-refractivity contribution in [2.45, 2.75) is 32.0 Å². The molecule has 2 aromatic rings. The van der Waals surface area contributed by atoms with Gasteiger partial charge in [0.05, 0.1) is 12.1 Å². The fourth-order valence-corrected chi connectivity index (χ4v) is 2.87. The highest BCUT2D eigenvalue weighted by Gasteiger charge is 2.33. The molecule has 1 aliphatic heterocycles. The third-order valence-electron chi connectivity index (χ3n) is 3.97. The van der Waals surface area contributed by atoms with E-state index in [1.165, 1.54) is 12.1 Å². The molecule has 0 spiro atoms. The highest BCUT2D eigenvalue weighted by Crippen LogP contribution is 2.36. The number of rotatable bonds is 1. The van der Waals surface area contributed by atoms with Crippen LogP contribution in [0.1, 0.15) is 29.8 Å². The van der Waals surface area contributed by atoms with Crippen LogP contribution in [0.4, 0.5) is 19.1 Å². The molecule has 2 heterocycles. The lowest BCUT2D eigenvalue weighted by Gasteiger charge is -2.29. The molecule has 2 N–H and O–H groups in total. The fourth-order valence-electron chi connectivity index (χ4n) is 2.87. The molecular formula is C14H15F3N4. The van der Waals surface area contributed by atoms with Crippen LogP contribution in [0.25, 0.3) is 0 Å². The van der Waals surface area contributed by atoms with Crippen LogP contribution in [0.3, 0.4) is 0 Å². The summed E-state index contributed by atoms with van der Waals surface area (Å²) in [6, 6.07) is 5.51. The molecule has 2 unspecified atom stereocenters. The molecule has 7 heteroatoms. The van der Waals surface area contributed by atoms with E-state index in [0.717, 1.165) is 11.9 Å². The number of anilines is 1. The van der Waals surface area contributed by atoms with E-state index in [9.17, 15) is 13.2 Å². The molecular weight excluding hydrogens is 281 g/mol. The topological polar surface area (TPSA) is 56.7 Å². The maximum Gasteiger partial charge on any atom is 0.416 e. The van der Waals surface area contributed by atoms with E-state index in [4.69, 9.17) is 5.73 Å². The number of aromatic nitrogens is 3. The molecule has 0 bridgehead atoms. The number of alkyl halides is 3. The molecule has 112 valence electrons. The average Bonchev–Trinajstić information content (AvgIpc) is 2.76. The predicted molar refractivity (Wildman–Crippen MR) is 71.5 cm³/mol. The summed E-state index contributed by atoms with van der Waals surface area (Å²) >= 11 is 0. The molecule has 21 heavy (non-hydrogen) atoms. The first kappa shape index (κ1) is 13.9. The Kier molecular flexibility index (Phi) is 3.15. The molecule has 0 saturated carbocycles. The largest absolute Gasteiger partial charge is 0.416 e. The van der Waals surface area contributed by atoms with Gasteiger partial charge in [-0.25, -0.2) is 4.68 Å². The minimum absolute atomic E-state index is 0.0269. The quantitative estimate of drug-likeness (QED) is 0.880. The van der Waals surface area contributed by atoms with Crippen molar-refractivity contribution >= 4 is 5.95 Å². The zero-order chi connectivity index (χ0) is 15.2. The molecule has 2 atom stereocenters. The summed E-state index contributed by atoms with van der Waals surface area (Å²) in [6.45, 7) is 2.52. The fraction of sp³-hybridized carbons (Fsp3) is 0.429. The number of halogens is 3. The van der Waals surface area contributed by atoms with Crippen LogP contribution in [0.15, 0.2) is 24.3 Å². The first-order valence-corrected chi connectivity index (χ1v) is 6.71. The van der Waals surface area contributed by atoms with E-state index in [2.05, 4.69) is 10.1 Å². The second-order valence-electron chi connectivity index (χ2n) is 5.48. The highest BCUT2D eigenvalue weighted by atomic mass is 19.4. The lowest BCUT2D eigenvalue weighted by atomic mass is 9.82. The number of nitrogens with zero attached hydrogens (tertiary/aromatic N) is 3. The van der Waals surface area contributed by atoms with Crippen LogP contribution < -0.4 is 5.73 Å². The van der Waals surface area contributed by atoms with Crippen LogP contribution in [0.5, 0.6) is 0 Å². The van der Waals surface area contributed by atoms with Gasteiger partial charge in [0.1, 0.15) is 5.82 Å². The van der Waals surface area contributed by atoms with Crippen LogP contribution >= 0.6 is 0 Å². The molecule has 0 aliphatic carbocycles. The average molecular weight is 296 g/mol. The van der Waals surface area contributed by atoms with Crippen molar-refractivity contribution < 1.29 is 13.2 Å². The van der Waals surface area contributed by atoms with Crippen molar-refractivity contribution in [3.05, 3.63) is 41.2 Å². The van der Waals surface area contributed by atoms with Crippen molar-refractivity contribution in [2.24, 2.45) is 5.92 Å². The van der Waals surface area contributed by atoms with E-state index in [0.29, 0.717) is 18.5 Å². The lowest BCUT2D eigenvalue weighted by Crippen LogP contribution is -2.27. The number of benzene rings is 1. The maximum absolute atomic E-state index is 12.8. The molecule has 0 fully saturated rings. The van der Waals surface area contributed by atoms with E-state index < -0.39 is 11.7 Å². The first-order chi connectivity index (χ1) is 9.84. The summed E-state index contributed by atoms with van der Waals surface area (Å²) in [7, 11) is 0. The lowest BCUT2D eigenvalue weighted by molar-refractivity contribution is -0.137. The molecule has 3 rings (SSSR count). The van der Waals surface area contributed by atoms with Gasteiger partial charge in [-0.3, -0.25) is 0 Å². The van der Waals surface area contributed by atoms with E-state index in [1.807, 2.05) is 6.92 Å². The summed E-state index contributed by atoms with van der Waals surface area (Å²) in [4.78, 5) is 4.14. The van der Waals surface area contributed by atoms with Crippen LogP contribution in [0.2, 0.25) is 0 Å². The van der Waals surface area contributed by atoms with Gasteiger partial charge >= 0.3 is 6.18 Å². The molecule has 0 amide bonds. The monoisotopic (exact) mass is 296 g/mol. The van der Waals surface area contributed by atoms with Gasteiger partial charge < -0.3 is 5.73 Å². The zero-order valence-corrected chi connectivity index (χ0v) is 11.4. The maximum atomic E-state index is 12.8. The summed E-state index contributed by atoms with van der Waals surface area (Å²) in [5.41, 5.74) is 5.64. The van der Waals surface area contributed by atoms with Gasteiger partial charge in [-0.05, 0) is 17.5 Å². The Morgan fingerprint density at radius 3 is 2.81 bits per heavy atom. The van der Waals surface area contributed by atoms with Gasteiger partial charge in [-0.2, -0.15) is 18.2 Å². The molecule has 1 aliphatic rings. The number of hydrogen-bond acceptors (Lipinski definition) is 3. The van der Waals surface area contributed by atoms with Gasteiger partial charge in [0.2, 0.25) is 5.95 Å². The van der Waals surface area contributed by atoms with Crippen molar-refractivity contribution in [2.75, 3.05) is 5.73 Å². The summed E-state index contributed by atoms with van der Waals surface area (Å²) in [5.74, 6) is 1.16. The summed E-state index contributed by atoms with van der Waals surface area (Å²) in [6.07, 6.45) is -3.66. The number of hydrogen-bond donors (Lipinski definition) is 1. The Morgan fingerprint density at radius 2 is 2.10 bits per heavy atom. The van der Waals surface area contributed by atoms with Gasteiger partial charge in [0.15, 0.2) is 0 Å². The number of fused-ring (bicyclic) bond motifs is 1. The zero-order valence-electron chi connectivity index (χ0n) is 11.4. The molecule has 0 saturated heterocycles. The Bertz CT molecular complexity index is 662. The molecule has 4 nitrogen and oxygen atoms in total. The Labute approximate surface area is 119 Å². The smallest absolute Gasteiger partial charge is 0.366 e. The standard InChI is InChI=1S/C14H15F3N4/c1-8-5-12-19-13(18)20-21(12)7-11(8)9-3-2-4-10(6-9)14(15,16)17/h2-4,6,8,11H,5,7H2,1H3,(H2,18,20). The van der Waals surface area contributed by atoms with Crippen molar-refractivity contribution in [1.29, 1.82) is 0 Å². The van der Waals surface area contributed by atoms with Gasteiger partial charge in [-0.15, -0.1) is 5.10 Å². The van der Waals surface area contributed by atoms with E-state index in [1.54, 1.807) is 10.7 Å². The number of nitrogens with two attached hydrogens (primary N) is 1. The minimum atomic E-state index is -4.32. The van der Waals surface area contributed by atoms with Crippen LogP contribution in [-0.2, 0) is 19.1 Å². The second kappa shape index (κ2) is 4.75. The summed E-state index contributed by atoms with van der Waals surface area (Å²) < 4.78 is 40.2. The van der Waals surface area contributed by atoms with Gasteiger partial charge in [0, 0.05) is 12.3 Å². The van der Waals surface area contributed by atoms with E-state index >= 15 is 0 Å². The number of nitrogen functional groups attached to an aromatic ring is 1. The van der Waals surface area contributed by atoms with Crippen LogP contribution in [0, 0.1) is 5.92 Å². The predicted octanol–water partition coefficient (Wildman–Crippen LogP) is 2.86. The van der Waals surface area contributed by atoms with E-state index in [-0.39, 0.29) is 17.8 Å². The van der Waals surface area contributed by atoms with Gasteiger partial charge in [-0.1, -0.05) is 25.1 Å². The molecule has 0 radical (unpaired) electrons. The third kappa shape index (κ3) is 2.59. The Morgan fingerprint density at radius 1 is 1.33 bits per heavy atom. The summed E-state index contributed by atoms with van der Waals surface area (Å²) in [5, 5.41) is 4.09. The molecule has 1 aromatic carbocycles. The molecule has 1 aromatic heterocycles.